The molecule has 32 heavy (non-hydrogen) atoms. The van der Waals surface area contributed by atoms with Crippen LogP contribution in [0.3, 0.4) is 0 Å². The SMILES string of the molecule is Cc1cccc(OC[C@@]2(O)CN(CC3(O)CCN(c4cccc(F)c4)CC3)CC[C@@H]2O)c1. The molecule has 3 N–H and O–H groups in total. The van der Waals surface area contributed by atoms with Gasteiger partial charge in [0, 0.05) is 38.4 Å². The molecule has 2 aliphatic heterocycles. The molecule has 2 fully saturated rings. The van der Waals surface area contributed by atoms with Crippen molar-refractivity contribution in [3.8, 4) is 5.75 Å². The summed E-state index contributed by atoms with van der Waals surface area (Å²) in [5.74, 6) is 0.397. The fraction of sp³-hybridized carbons (Fsp3) is 0.520. The van der Waals surface area contributed by atoms with E-state index < -0.39 is 17.3 Å². The highest BCUT2D eigenvalue weighted by Crippen LogP contribution is 2.30. The number of halogens is 1. The topological polar surface area (TPSA) is 76.4 Å². The van der Waals surface area contributed by atoms with Crippen molar-refractivity contribution in [2.24, 2.45) is 0 Å². The fourth-order valence-electron chi connectivity index (χ4n) is 4.76. The van der Waals surface area contributed by atoms with Crippen LogP contribution in [0.5, 0.6) is 5.75 Å². The molecular formula is C25H33FN2O4. The smallest absolute Gasteiger partial charge is 0.137 e. The summed E-state index contributed by atoms with van der Waals surface area (Å²) in [6, 6.07) is 14.1. The summed E-state index contributed by atoms with van der Waals surface area (Å²) in [4.78, 5) is 4.10. The molecule has 4 rings (SSSR count). The minimum absolute atomic E-state index is 0.0140. The van der Waals surface area contributed by atoms with Crippen molar-refractivity contribution in [1.82, 2.24) is 4.90 Å². The minimum Gasteiger partial charge on any atom is -0.490 e. The molecule has 0 unspecified atom stereocenters. The van der Waals surface area contributed by atoms with Crippen LogP contribution < -0.4 is 9.64 Å². The number of rotatable bonds is 6. The quantitative estimate of drug-likeness (QED) is 0.635. The van der Waals surface area contributed by atoms with E-state index in [0.29, 0.717) is 51.2 Å². The maximum atomic E-state index is 13.5. The highest BCUT2D eigenvalue weighted by molar-refractivity contribution is 5.47. The predicted octanol–water partition coefficient (Wildman–Crippen LogP) is 2.34. The van der Waals surface area contributed by atoms with Gasteiger partial charge in [0.2, 0.25) is 0 Å². The third kappa shape index (κ3) is 5.41. The zero-order chi connectivity index (χ0) is 22.8. The molecule has 2 aromatic rings. The van der Waals surface area contributed by atoms with Gasteiger partial charge in [0.1, 0.15) is 23.8 Å². The van der Waals surface area contributed by atoms with Crippen LogP contribution in [0.15, 0.2) is 48.5 Å². The number of aryl methyl sites for hydroxylation is 1. The zero-order valence-corrected chi connectivity index (χ0v) is 18.6. The van der Waals surface area contributed by atoms with E-state index in [1.807, 2.05) is 42.2 Å². The Morgan fingerprint density at radius 2 is 1.81 bits per heavy atom. The van der Waals surface area contributed by atoms with Crippen molar-refractivity contribution in [3.63, 3.8) is 0 Å². The van der Waals surface area contributed by atoms with Crippen molar-refractivity contribution in [2.45, 2.75) is 43.5 Å². The lowest BCUT2D eigenvalue weighted by Gasteiger charge is -2.46. The molecule has 6 nitrogen and oxygen atoms in total. The largest absolute Gasteiger partial charge is 0.490 e. The molecule has 2 saturated heterocycles. The Bertz CT molecular complexity index is 918. The maximum Gasteiger partial charge on any atom is 0.137 e. The summed E-state index contributed by atoms with van der Waals surface area (Å²) >= 11 is 0. The summed E-state index contributed by atoms with van der Waals surface area (Å²) < 4.78 is 19.3. The first-order chi connectivity index (χ1) is 15.2. The lowest BCUT2D eigenvalue weighted by atomic mass is 9.86. The highest BCUT2D eigenvalue weighted by atomic mass is 19.1. The number of nitrogens with zero attached hydrogens (tertiary/aromatic N) is 2. The van der Waals surface area contributed by atoms with Gasteiger partial charge in [-0.25, -0.2) is 4.39 Å². The van der Waals surface area contributed by atoms with Crippen molar-refractivity contribution in [1.29, 1.82) is 0 Å². The Hall–Kier alpha value is -2.19. The van der Waals surface area contributed by atoms with E-state index in [4.69, 9.17) is 4.74 Å². The van der Waals surface area contributed by atoms with Gasteiger partial charge in [0.25, 0.3) is 0 Å². The predicted molar refractivity (Wildman–Crippen MR) is 121 cm³/mol. The van der Waals surface area contributed by atoms with E-state index in [-0.39, 0.29) is 19.0 Å². The molecule has 0 aromatic heterocycles. The number of hydrogen-bond acceptors (Lipinski definition) is 6. The van der Waals surface area contributed by atoms with E-state index in [1.54, 1.807) is 6.07 Å². The van der Waals surface area contributed by atoms with E-state index >= 15 is 0 Å². The molecule has 2 aromatic carbocycles. The Morgan fingerprint density at radius 3 is 2.53 bits per heavy atom. The number of anilines is 1. The maximum absolute atomic E-state index is 13.5. The molecule has 0 aliphatic carbocycles. The molecule has 0 spiro atoms. The molecule has 7 heteroatoms. The molecule has 0 bridgehead atoms. The van der Waals surface area contributed by atoms with Crippen molar-refractivity contribution < 1.29 is 24.4 Å². The van der Waals surface area contributed by atoms with Gasteiger partial charge in [-0.2, -0.15) is 0 Å². The van der Waals surface area contributed by atoms with Gasteiger partial charge in [0.05, 0.1) is 11.7 Å². The van der Waals surface area contributed by atoms with Gasteiger partial charge in [-0.05, 0) is 62.1 Å². The molecule has 2 aliphatic rings. The number of hydrogen-bond donors (Lipinski definition) is 3. The van der Waals surface area contributed by atoms with Crippen molar-refractivity contribution >= 4 is 5.69 Å². The number of β-amino-alcohol motifs (C(OH)–C–C–N with tert-alkyl or cyclic N) is 2. The van der Waals surface area contributed by atoms with Gasteiger partial charge >= 0.3 is 0 Å². The average molecular weight is 445 g/mol. The average Bonchev–Trinajstić information content (AvgIpc) is 2.76. The summed E-state index contributed by atoms with van der Waals surface area (Å²) in [7, 11) is 0. The van der Waals surface area contributed by atoms with E-state index in [1.165, 1.54) is 12.1 Å². The fourth-order valence-corrected chi connectivity index (χ4v) is 4.76. The molecule has 174 valence electrons. The van der Waals surface area contributed by atoms with Crippen LogP contribution in [0, 0.1) is 12.7 Å². The number of aliphatic hydroxyl groups is 3. The summed E-state index contributed by atoms with van der Waals surface area (Å²) in [5, 5.41) is 32.8. The first kappa shape index (κ1) is 23.0. The highest BCUT2D eigenvalue weighted by Gasteiger charge is 2.44. The van der Waals surface area contributed by atoms with Crippen molar-refractivity contribution in [2.75, 3.05) is 44.2 Å². The third-order valence-corrected chi connectivity index (χ3v) is 6.70. The van der Waals surface area contributed by atoms with Crippen LogP contribution in [0.25, 0.3) is 0 Å². The molecule has 2 heterocycles. The van der Waals surface area contributed by atoms with Crippen LogP contribution in [-0.4, -0.2) is 76.9 Å². The molecule has 2 atom stereocenters. The normalized spacial score (nSPS) is 26.2. The Labute approximate surface area is 188 Å². The Balaban J connectivity index is 1.33. The monoisotopic (exact) mass is 444 g/mol. The number of aliphatic hydroxyl groups excluding tert-OH is 1. The number of benzene rings is 2. The molecule has 0 radical (unpaired) electrons. The van der Waals surface area contributed by atoms with Gasteiger partial charge in [-0.15, -0.1) is 0 Å². The van der Waals surface area contributed by atoms with Crippen LogP contribution in [0.1, 0.15) is 24.8 Å². The summed E-state index contributed by atoms with van der Waals surface area (Å²) in [5.41, 5.74) is -0.395. The van der Waals surface area contributed by atoms with Gasteiger partial charge < -0.3 is 25.0 Å². The van der Waals surface area contributed by atoms with E-state index in [9.17, 15) is 19.7 Å². The Morgan fingerprint density at radius 1 is 1.06 bits per heavy atom. The van der Waals surface area contributed by atoms with Gasteiger partial charge in [-0.3, -0.25) is 4.90 Å². The van der Waals surface area contributed by atoms with Crippen LogP contribution in [-0.2, 0) is 0 Å². The zero-order valence-electron chi connectivity index (χ0n) is 18.6. The van der Waals surface area contributed by atoms with Crippen molar-refractivity contribution in [3.05, 3.63) is 59.9 Å². The lowest BCUT2D eigenvalue weighted by molar-refractivity contribution is -0.149. The first-order valence-corrected chi connectivity index (χ1v) is 11.3. The number of piperidine rings is 2. The van der Waals surface area contributed by atoms with Gasteiger partial charge in [-0.1, -0.05) is 18.2 Å². The second kappa shape index (κ2) is 9.35. The minimum atomic E-state index is -1.40. The first-order valence-electron chi connectivity index (χ1n) is 11.3. The Kier molecular flexibility index (Phi) is 6.72. The number of likely N-dealkylation sites (tertiary alicyclic amines) is 1. The van der Waals surface area contributed by atoms with Crippen LogP contribution >= 0.6 is 0 Å². The van der Waals surface area contributed by atoms with Gasteiger partial charge in [0.15, 0.2) is 0 Å². The van der Waals surface area contributed by atoms with Crippen LogP contribution in [0.4, 0.5) is 10.1 Å². The second-order valence-corrected chi connectivity index (χ2v) is 9.42. The molecule has 0 amide bonds. The second-order valence-electron chi connectivity index (χ2n) is 9.42. The summed E-state index contributed by atoms with van der Waals surface area (Å²) in [6.07, 6.45) is 0.647. The van der Waals surface area contributed by atoms with E-state index in [2.05, 4.69) is 4.90 Å². The summed E-state index contributed by atoms with van der Waals surface area (Å²) in [6.45, 7) is 4.48. The lowest BCUT2D eigenvalue weighted by Crippen LogP contribution is -2.62. The third-order valence-electron chi connectivity index (χ3n) is 6.70. The molecule has 0 saturated carbocycles. The van der Waals surface area contributed by atoms with Crippen LogP contribution in [0.2, 0.25) is 0 Å². The number of ether oxygens (including phenoxy) is 1. The van der Waals surface area contributed by atoms with E-state index in [0.717, 1.165) is 11.3 Å². The standard InChI is InChI=1S/C25H33FN2O4/c1-19-4-2-7-22(14-19)32-18-25(31)17-27(11-8-23(25)29)16-24(30)9-12-28(13-10-24)21-6-3-5-20(26)15-21/h2-7,14-15,23,29-31H,8-13,16-18H2,1H3/t23-,25-/m0/s1. The molecular weight excluding hydrogens is 411 g/mol.